The van der Waals surface area contributed by atoms with Gasteiger partial charge in [0.05, 0.1) is 12.2 Å². The first-order chi connectivity index (χ1) is 4.41. The van der Waals surface area contributed by atoms with Crippen molar-refractivity contribution in [2.75, 3.05) is 19.7 Å². The van der Waals surface area contributed by atoms with Crippen molar-refractivity contribution in [3.8, 4) is 0 Å². The van der Waals surface area contributed by atoms with Gasteiger partial charge in [0.15, 0.2) is 0 Å². The van der Waals surface area contributed by atoms with Crippen LogP contribution < -0.4 is 5.32 Å². The first-order valence-electron chi connectivity index (χ1n) is 3.58. The lowest BCUT2D eigenvalue weighted by Crippen LogP contribution is -2.29. The third-order valence-electron chi connectivity index (χ3n) is 2.23. The second-order valence-electron chi connectivity index (χ2n) is 2.91. The van der Waals surface area contributed by atoms with Gasteiger partial charge in [-0.15, -0.1) is 0 Å². The summed E-state index contributed by atoms with van der Waals surface area (Å²) in [6, 6.07) is 0. The fourth-order valence-corrected chi connectivity index (χ4v) is 1.63. The Hall–Kier alpha value is -0.0800. The van der Waals surface area contributed by atoms with E-state index in [0.717, 1.165) is 26.1 Å². The van der Waals surface area contributed by atoms with Crippen LogP contribution in [0.1, 0.15) is 12.8 Å². The molecule has 0 amide bonds. The molecule has 2 aliphatic rings. The second-order valence-corrected chi connectivity index (χ2v) is 2.91. The van der Waals surface area contributed by atoms with Crippen molar-refractivity contribution in [1.29, 1.82) is 0 Å². The molecule has 0 unspecified atom stereocenters. The number of ether oxygens (including phenoxy) is 1. The normalized spacial score (nSPS) is 42.7. The molecule has 0 bridgehead atoms. The summed E-state index contributed by atoms with van der Waals surface area (Å²) < 4.78 is 5.58. The molecule has 2 rings (SSSR count). The molecule has 2 fully saturated rings. The summed E-state index contributed by atoms with van der Waals surface area (Å²) in [6.07, 6.45) is 4.58. The van der Waals surface area contributed by atoms with E-state index in [-0.39, 0.29) is 5.60 Å². The Morgan fingerprint density at radius 2 is 2.56 bits per heavy atom. The van der Waals surface area contributed by atoms with E-state index in [1.165, 1.54) is 6.42 Å². The molecule has 1 spiro atoms. The number of rotatable bonds is 0. The number of hydrogen-bond acceptors (Lipinski definition) is 2. The summed E-state index contributed by atoms with van der Waals surface area (Å²) >= 11 is 0. The predicted molar refractivity (Wildman–Crippen MR) is 35.1 cm³/mol. The van der Waals surface area contributed by atoms with Crippen molar-refractivity contribution in [2.24, 2.45) is 0 Å². The van der Waals surface area contributed by atoms with E-state index >= 15 is 0 Å². The van der Waals surface area contributed by atoms with Crippen LogP contribution in [0.3, 0.4) is 0 Å². The van der Waals surface area contributed by atoms with Crippen LogP contribution in [0.4, 0.5) is 0 Å². The molecule has 2 saturated heterocycles. The summed E-state index contributed by atoms with van der Waals surface area (Å²) in [6.45, 7) is 3.05. The molecular formula is C7H12NO. The smallest absolute Gasteiger partial charge is 0.0822 e. The Morgan fingerprint density at radius 1 is 1.56 bits per heavy atom. The SMILES string of the molecule is [CH]1CO[C@]2(C1)CCNC2. The summed E-state index contributed by atoms with van der Waals surface area (Å²) in [4.78, 5) is 0. The second kappa shape index (κ2) is 1.96. The molecule has 1 atom stereocenters. The Bertz CT molecular complexity index is 84.0. The zero-order valence-corrected chi connectivity index (χ0v) is 5.52. The monoisotopic (exact) mass is 126 g/mol. The molecule has 0 aromatic rings. The Kier molecular flexibility index (Phi) is 1.24. The third kappa shape index (κ3) is 0.864. The molecule has 1 radical (unpaired) electrons. The van der Waals surface area contributed by atoms with Gasteiger partial charge in [-0.3, -0.25) is 0 Å². The van der Waals surface area contributed by atoms with Crippen LogP contribution >= 0.6 is 0 Å². The summed E-state index contributed by atoms with van der Waals surface area (Å²) in [5, 5.41) is 3.31. The fourth-order valence-electron chi connectivity index (χ4n) is 1.63. The minimum Gasteiger partial charge on any atom is -0.373 e. The quantitative estimate of drug-likeness (QED) is 0.505. The van der Waals surface area contributed by atoms with Crippen molar-refractivity contribution >= 4 is 0 Å². The highest BCUT2D eigenvalue weighted by Gasteiger charge is 2.37. The zero-order chi connectivity index (χ0) is 6.16. The molecule has 2 heteroatoms. The van der Waals surface area contributed by atoms with Gasteiger partial charge in [-0.25, -0.2) is 0 Å². The Balaban J connectivity index is 2.04. The van der Waals surface area contributed by atoms with Crippen molar-refractivity contribution < 1.29 is 4.74 Å². The van der Waals surface area contributed by atoms with Crippen LogP contribution in [0, 0.1) is 6.42 Å². The molecule has 2 aliphatic heterocycles. The maximum absolute atomic E-state index is 5.58. The lowest BCUT2D eigenvalue weighted by Gasteiger charge is -2.19. The standard InChI is InChI=1S/C7H12NO/c1-2-7(9-5-1)3-4-8-6-7/h1,8H,2-6H2/t7-/m1/s1. The van der Waals surface area contributed by atoms with Gasteiger partial charge in [0.1, 0.15) is 0 Å². The van der Waals surface area contributed by atoms with Crippen LogP contribution in [0.25, 0.3) is 0 Å². The van der Waals surface area contributed by atoms with E-state index in [1.54, 1.807) is 0 Å². The molecule has 1 N–H and O–H groups in total. The summed E-state index contributed by atoms with van der Waals surface area (Å²) in [5.74, 6) is 0. The molecule has 0 aromatic heterocycles. The van der Waals surface area contributed by atoms with Crippen LogP contribution in [-0.4, -0.2) is 25.3 Å². The summed E-state index contributed by atoms with van der Waals surface area (Å²) in [7, 11) is 0. The predicted octanol–water partition coefficient (Wildman–Crippen LogP) is 0.343. The molecule has 0 saturated carbocycles. The van der Waals surface area contributed by atoms with Gasteiger partial charge in [0.25, 0.3) is 0 Å². The third-order valence-corrected chi connectivity index (χ3v) is 2.23. The Morgan fingerprint density at radius 3 is 3.11 bits per heavy atom. The highest BCUT2D eigenvalue weighted by molar-refractivity contribution is 4.98. The summed E-state index contributed by atoms with van der Waals surface area (Å²) in [5.41, 5.74) is 0.222. The first-order valence-corrected chi connectivity index (χ1v) is 3.58. The van der Waals surface area contributed by atoms with Crippen molar-refractivity contribution in [2.45, 2.75) is 18.4 Å². The molecule has 0 aliphatic carbocycles. The van der Waals surface area contributed by atoms with Crippen LogP contribution in [-0.2, 0) is 4.74 Å². The van der Waals surface area contributed by atoms with E-state index in [2.05, 4.69) is 11.7 Å². The van der Waals surface area contributed by atoms with Gasteiger partial charge < -0.3 is 10.1 Å². The average Bonchev–Trinajstić information content (AvgIpc) is 2.45. The van der Waals surface area contributed by atoms with E-state index in [1.807, 2.05) is 0 Å². The van der Waals surface area contributed by atoms with Gasteiger partial charge in [-0.1, -0.05) is 0 Å². The molecule has 51 valence electrons. The molecular weight excluding hydrogens is 114 g/mol. The number of nitrogens with one attached hydrogen (secondary N) is 1. The van der Waals surface area contributed by atoms with Gasteiger partial charge in [-0.2, -0.15) is 0 Å². The maximum atomic E-state index is 5.58. The maximum Gasteiger partial charge on any atom is 0.0822 e. The minimum absolute atomic E-state index is 0.222. The zero-order valence-electron chi connectivity index (χ0n) is 5.52. The van der Waals surface area contributed by atoms with E-state index in [4.69, 9.17) is 4.74 Å². The molecule has 2 nitrogen and oxygen atoms in total. The topological polar surface area (TPSA) is 21.3 Å². The van der Waals surface area contributed by atoms with Crippen LogP contribution in [0.5, 0.6) is 0 Å². The van der Waals surface area contributed by atoms with Gasteiger partial charge in [0.2, 0.25) is 0 Å². The first kappa shape index (κ1) is 5.69. The number of hydrogen-bond donors (Lipinski definition) is 1. The van der Waals surface area contributed by atoms with E-state index in [0.29, 0.717) is 0 Å². The van der Waals surface area contributed by atoms with Gasteiger partial charge in [0, 0.05) is 6.54 Å². The lowest BCUT2D eigenvalue weighted by atomic mass is 10.00. The minimum atomic E-state index is 0.222. The fraction of sp³-hybridized carbons (Fsp3) is 0.857. The van der Waals surface area contributed by atoms with E-state index < -0.39 is 0 Å². The highest BCUT2D eigenvalue weighted by atomic mass is 16.5. The molecule has 9 heavy (non-hydrogen) atoms. The Labute approximate surface area is 55.6 Å². The largest absolute Gasteiger partial charge is 0.373 e. The molecule has 2 heterocycles. The van der Waals surface area contributed by atoms with Crippen LogP contribution in [0.2, 0.25) is 0 Å². The van der Waals surface area contributed by atoms with Crippen LogP contribution in [0.15, 0.2) is 0 Å². The van der Waals surface area contributed by atoms with Gasteiger partial charge >= 0.3 is 0 Å². The van der Waals surface area contributed by atoms with Crippen molar-refractivity contribution in [3.05, 3.63) is 6.42 Å². The highest BCUT2D eigenvalue weighted by Crippen LogP contribution is 2.30. The van der Waals surface area contributed by atoms with Gasteiger partial charge in [-0.05, 0) is 25.8 Å². The average molecular weight is 126 g/mol. The van der Waals surface area contributed by atoms with E-state index in [9.17, 15) is 0 Å². The van der Waals surface area contributed by atoms with Crippen molar-refractivity contribution in [3.63, 3.8) is 0 Å². The van der Waals surface area contributed by atoms with Crippen molar-refractivity contribution in [1.82, 2.24) is 5.32 Å². The lowest BCUT2D eigenvalue weighted by molar-refractivity contribution is 0.0225. The molecule has 0 aromatic carbocycles.